The van der Waals surface area contributed by atoms with Crippen LogP contribution in [0.4, 0.5) is 0 Å². The van der Waals surface area contributed by atoms with Gasteiger partial charge in [0.25, 0.3) is 0 Å². The topological polar surface area (TPSA) is 85.7 Å². The van der Waals surface area contributed by atoms with E-state index >= 15 is 0 Å². The van der Waals surface area contributed by atoms with Crippen LogP contribution in [0.2, 0.25) is 0 Å². The van der Waals surface area contributed by atoms with Gasteiger partial charge in [0.05, 0.1) is 19.3 Å². The number of ether oxygens (including phenoxy) is 4. The normalized spacial score (nSPS) is 32.5. The van der Waals surface area contributed by atoms with Gasteiger partial charge in [0.1, 0.15) is 12.2 Å². The number of benzene rings is 1. The van der Waals surface area contributed by atoms with E-state index in [-0.39, 0.29) is 24.9 Å². The molecular formula is C15H19N3O4. The summed E-state index contributed by atoms with van der Waals surface area (Å²) in [5.74, 6) is -0.701. The smallest absolute Gasteiger partial charge is 0.190 e. The number of fused-ring (bicyclic) bond motifs is 1. The fraction of sp³-hybridized carbons (Fsp3) is 0.600. The summed E-state index contributed by atoms with van der Waals surface area (Å²) in [7, 11) is 0. The molecule has 0 saturated carbocycles. The third kappa shape index (κ3) is 3.24. The number of hydrogen-bond acceptors (Lipinski definition) is 5. The van der Waals surface area contributed by atoms with Crippen molar-refractivity contribution in [2.45, 2.75) is 50.8 Å². The first kappa shape index (κ1) is 15.3. The first-order valence-corrected chi connectivity index (χ1v) is 7.26. The molecule has 0 radical (unpaired) electrons. The number of hydrogen-bond donors (Lipinski definition) is 0. The van der Waals surface area contributed by atoms with Crippen molar-refractivity contribution in [3.05, 3.63) is 46.3 Å². The van der Waals surface area contributed by atoms with Gasteiger partial charge < -0.3 is 18.9 Å². The lowest BCUT2D eigenvalue weighted by atomic mass is 10.1. The number of nitrogens with zero attached hydrogens (tertiary/aromatic N) is 3. The minimum atomic E-state index is -0.701. The highest BCUT2D eigenvalue weighted by molar-refractivity contribution is 5.13. The minimum Gasteiger partial charge on any atom is -0.368 e. The molecule has 22 heavy (non-hydrogen) atoms. The van der Waals surface area contributed by atoms with E-state index in [2.05, 4.69) is 10.0 Å². The van der Waals surface area contributed by atoms with Gasteiger partial charge in [-0.2, -0.15) is 0 Å². The summed E-state index contributed by atoms with van der Waals surface area (Å²) in [5, 5.41) is 3.59. The maximum absolute atomic E-state index is 8.51. The summed E-state index contributed by atoms with van der Waals surface area (Å²) < 4.78 is 23.4. The van der Waals surface area contributed by atoms with E-state index in [0.29, 0.717) is 6.61 Å². The fourth-order valence-corrected chi connectivity index (χ4v) is 2.78. The van der Waals surface area contributed by atoms with E-state index in [0.717, 1.165) is 5.56 Å². The molecule has 0 aromatic heterocycles. The average Bonchev–Trinajstić information content (AvgIpc) is 2.95. The molecule has 0 spiro atoms. The lowest BCUT2D eigenvalue weighted by molar-refractivity contribution is -0.217. The molecule has 2 saturated heterocycles. The van der Waals surface area contributed by atoms with E-state index in [4.69, 9.17) is 24.5 Å². The van der Waals surface area contributed by atoms with Crippen molar-refractivity contribution in [3.8, 4) is 0 Å². The van der Waals surface area contributed by atoms with Gasteiger partial charge in [0.2, 0.25) is 0 Å². The van der Waals surface area contributed by atoms with Crippen molar-refractivity contribution in [3.63, 3.8) is 0 Å². The van der Waals surface area contributed by atoms with E-state index < -0.39 is 12.1 Å². The van der Waals surface area contributed by atoms with Crippen LogP contribution in [0, 0.1) is 0 Å². The molecule has 4 atom stereocenters. The van der Waals surface area contributed by atoms with Gasteiger partial charge in [-0.3, -0.25) is 0 Å². The van der Waals surface area contributed by atoms with Crippen LogP contribution < -0.4 is 0 Å². The quantitative estimate of drug-likeness (QED) is 0.475. The zero-order valence-electron chi connectivity index (χ0n) is 12.6. The standard InChI is InChI=1S/C15H19N3O4/c1-15(2)21-13-12(19-9-10-6-4-3-5-7-10)11(8-17-18-16)20-14(13)22-15/h3-7,11-14H,8-9H2,1-2H3/t11-,12-,13+,14+/m0/s1. The fourth-order valence-electron chi connectivity index (χ4n) is 2.78. The second kappa shape index (κ2) is 6.24. The van der Waals surface area contributed by atoms with Crippen molar-refractivity contribution in [2.75, 3.05) is 6.54 Å². The van der Waals surface area contributed by atoms with Crippen LogP contribution in [-0.2, 0) is 25.6 Å². The zero-order valence-corrected chi connectivity index (χ0v) is 12.6. The van der Waals surface area contributed by atoms with Gasteiger partial charge in [-0.15, -0.1) is 0 Å². The molecule has 118 valence electrons. The highest BCUT2D eigenvalue weighted by Gasteiger charge is 2.55. The molecule has 7 nitrogen and oxygen atoms in total. The van der Waals surface area contributed by atoms with Gasteiger partial charge in [-0.05, 0) is 24.9 Å². The maximum Gasteiger partial charge on any atom is 0.190 e. The average molecular weight is 305 g/mol. The summed E-state index contributed by atoms with van der Waals surface area (Å²) in [4.78, 5) is 2.78. The van der Waals surface area contributed by atoms with E-state index in [9.17, 15) is 0 Å². The Morgan fingerprint density at radius 2 is 2.05 bits per heavy atom. The van der Waals surface area contributed by atoms with Crippen LogP contribution in [-0.4, -0.2) is 36.9 Å². The molecule has 3 rings (SSSR count). The molecule has 0 aliphatic carbocycles. The molecule has 0 amide bonds. The molecule has 0 bridgehead atoms. The van der Waals surface area contributed by atoms with Gasteiger partial charge in [-0.1, -0.05) is 35.4 Å². The van der Waals surface area contributed by atoms with Crippen LogP contribution in [0.15, 0.2) is 35.4 Å². The Morgan fingerprint density at radius 1 is 1.27 bits per heavy atom. The number of rotatable bonds is 5. The molecule has 1 aromatic carbocycles. The minimum absolute atomic E-state index is 0.191. The van der Waals surface area contributed by atoms with E-state index in [1.165, 1.54) is 0 Å². The lowest BCUT2D eigenvalue weighted by Crippen LogP contribution is -2.38. The molecule has 1 aromatic rings. The summed E-state index contributed by atoms with van der Waals surface area (Å²) in [5.41, 5.74) is 9.57. The molecular weight excluding hydrogens is 286 g/mol. The first-order valence-electron chi connectivity index (χ1n) is 7.26. The van der Waals surface area contributed by atoms with Crippen molar-refractivity contribution in [1.29, 1.82) is 0 Å². The van der Waals surface area contributed by atoms with Crippen LogP contribution >= 0.6 is 0 Å². The van der Waals surface area contributed by atoms with Crippen molar-refractivity contribution < 1.29 is 18.9 Å². The van der Waals surface area contributed by atoms with Gasteiger partial charge >= 0.3 is 0 Å². The van der Waals surface area contributed by atoms with Gasteiger partial charge in [0.15, 0.2) is 12.1 Å². The Morgan fingerprint density at radius 3 is 2.77 bits per heavy atom. The van der Waals surface area contributed by atoms with Gasteiger partial charge in [-0.25, -0.2) is 0 Å². The Labute approximate surface area is 128 Å². The second-order valence-electron chi connectivity index (χ2n) is 5.82. The number of azide groups is 1. The van der Waals surface area contributed by atoms with E-state index in [1.807, 2.05) is 44.2 Å². The van der Waals surface area contributed by atoms with Crippen LogP contribution in [0.1, 0.15) is 19.4 Å². The summed E-state index contributed by atoms with van der Waals surface area (Å²) >= 11 is 0. The van der Waals surface area contributed by atoms with Crippen LogP contribution in [0.5, 0.6) is 0 Å². The predicted molar refractivity (Wildman–Crippen MR) is 77.7 cm³/mol. The Balaban J connectivity index is 1.70. The molecule has 0 unspecified atom stereocenters. The second-order valence-corrected chi connectivity index (χ2v) is 5.82. The summed E-state index contributed by atoms with van der Waals surface area (Å²) in [6.07, 6.45) is -1.52. The van der Waals surface area contributed by atoms with Crippen molar-refractivity contribution in [2.24, 2.45) is 5.11 Å². The van der Waals surface area contributed by atoms with E-state index in [1.54, 1.807) is 0 Å². The zero-order chi connectivity index (χ0) is 15.6. The molecule has 2 aliphatic rings. The third-order valence-electron chi connectivity index (χ3n) is 3.70. The molecule has 2 fully saturated rings. The van der Waals surface area contributed by atoms with Crippen LogP contribution in [0.25, 0.3) is 10.4 Å². The van der Waals surface area contributed by atoms with Crippen molar-refractivity contribution in [1.82, 2.24) is 0 Å². The molecule has 2 aliphatic heterocycles. The Kier molecular flexibility index (Phi) is 4.33. The summed E-state index contributed by atoms with van der Waals surface area (Å²) in [6.45, 7) is 4.31. The third-order valence-corrected chi connectivity index (χ3v) is 3.70. The molecule has 0 N–H and O–H groups in total. The van der Waals surface area contributed by atoms with Gasteiger partial charge in [0, 0.05) is 4.91 Å². The highest BCUT2D eigenvalue weighted by atomic mass is 16.8. The highest BCUT2D eigenvalue weighted by Crippen LogP contribution is 2.39. The molecule has 7 heteroatoms. The Hall–Kier alpha value is -1.63. The lowest BCUT2D eigenvalue weighted by Gasteiger charge is -2.25. The first-order chi connectivity index (χ1) is 10.6. The molecule has 2 heterocycles. The maximum atomic E-state index is 8.51. The van der Waals surface area contributed by atoms with Crippen molar-refractivity contribution >= 4 is 0 Å². The SMILES string of the molecule is CC1(C)O[C@H]2O[C@@H](CN=[N+]=[N-])[C@H](OCc3ccccc3)[C@H]2O1. The van der Waals surface area contributed by atoms with Crippen LogP contribution in [0.3, 0.4) is 0 Å². The predicted octanol–water partition coefficient (Wildman–Crippen LogP) is 2.76. The monoisotopic (exact) mass is 305 g/mol. The summed E-state index contributed by atoms with van der Waals surface area (Å²) in [6, 6.07) is 9.86. The largest absolute Gasteiger partial charge is 0.368 e. The Bertz CT molecular complexity index is 559.